The van der Waals surface area contributed by atoms with Crippen LogP contribution in [0.3, 0.4) is 0 Å². The Morgan fingerprint density at radius 2 is 2.00 bits per heavy atom. The Bertz CT molecular complexity index is 1160. The van der Waals surface area contributed by atoms with Gasteiger partial charge in [0.05, 0.1) is 22.6 Å². The Morgan fingerprint density at radius 3 is 2.70 bits per heavy atom. The molecule has 3 heterocycles. The number of nitrogens with one attached hydrogen (secondary N) is 2. The monoisotopic (exact) mass is 445 g/mol. The summed E-state index contributed by atoms with van der Waals surface area (Å²) in [5, 5.41) is 6.48. The number of primary amides is 1. The number of H-pyrrole nitrogens is 1. The summed E-state index contributed by atoms with van der Waals surface area (Å²) in [6.45, 7) is 3.95. The van der Waals surface area contributed by atoms with Crippen molar-refractivity contribution in [3.8, 4) is 11.1 Å². The number of rotatable bonds is 7. The van der Waals surface area contributed by atoms with Crippen LogP contribution in [0.2, 0.25) is 0 Å². The largest absolute Gasteiger partial charge is 0.366 e. The molecule has 1 amide bonds. The number of carbonyl (C=O) groups excluding carboxylic acids is 1. The average Bonchev–Trinajstić information content (AvgIpc) is 3.34. The highest BCUT2D eigenvalue weighted by molar-refractivity contribution is 7.91. The first-order valence-corrected chi connectivity index (χ1v) is 13.0. The number of benzene rings is 1. The van der Waals surface area contributed by atoms with Gasteiger partial charge in [0.25, 0.3) is 5.91 Å². The van der Waals surface area contributed by atoms with E-state index in [0.717, 1.165) is 47.1 Å². The van der Waals surface area contributed by atoms with Gasteiger partial charge in [-0.15, -0.1) is 11.3 Å². The van der Waals surface area contributed by atoms with Crippen molar-refractivity contribution in [1.82, 2.24) is 10.3 Å². The molecule has 4 rings (SSSR count). The average molecular weight is 446 g/mol. The molecule has 6 nitrogen and oxygen atoms in total. The Hall–Kier alpha value is -2.16. The number of nitrogens with two attached hydrogens (primary N) is 1. The lowest BCUT2D eigenvalue weighted by Crippen LogP contribution is -2.22. The van der Waals surface area contributed by atoms with E-state index in [0.29, 0.717) is 18.4 Å². The van der Waals surface area contributed by atoms with E-state index in [-0.39, 0.29) is 17.4 Å². The van der Waals surface area contributed by atoms with Crippen LogP contribution in [0.4, 0.5) is 0 Å². The molecule has 1 fully saturated rings. The van der Waals surface area contributed by atoms with Crippen molar-refractivity contribution in [3.63, 3.8) is 0 Å². The third kappa shape index (κ3) is 4.31. The molecule has 4 N–H and O–H groups in total. The van der Waals surface area contributed by atoms with Crippen LogP contribution >= 0.6 is 11.3 Å². The number of aromatic amines is 1. The van der Waals surface area contributed by atoms with Gasteiger partial charge < -0.3 is 16.0 Å². The minimum Gasteiger partial charge on any atom is -0.366 e. The summed E-state index contributed by atoms with van der Waals surface area (Å²) in [5.41, 5.74) is 9.98. The van der Waals surface area contributed by atoms with Crippen LogP contribution in [0, 0.1) is 0 Å². The fraction of sp³-hybridized carbons (Fsp3) is 0.409. The maximum Gasteiger partial charge on any atom is 0.250 e. The van der Waals surface area contributed by atoms with Gasteiger partial charge in [0, 0.05) is 23.0 Å². The van der Waals surface area contributed by atoms with E-state index in [1.165, 1.54) is 4.88 Å². The maximum absolute atomic E-state index is 12.2. The molecule has 30 heavy (non-hydrogen) atoms. The van der Waals surface area contributed by atoms with Crippen molar-refractivity contribution in [2.45, 2.75) is 38.6 Å². The molecule has 0 aliphatic carbocycles. The molecule has 0 bridgehead atoms. The lowest BCUT2D eigenvalue weighted by Gasteiger charge is -2.21. The summed E-state index contributed by atoms with van der Waals surface area (Å²) in [6.07, 6.45) is 4.22. The van der Waals surface area contributed by atoms with Gasteiger partial charge in [-0.1, -0.05) is 6.92 Å². The first kappa shape index (κ1) is 21.1. The topological polar surface area (TPSA) is 105 Å². The number of hydrogen-bond donors (Lipinski definition) is 3. The molecular weight excluding hydrogens is 418 g/mol. The highest BCUT2D eigenvalue weighted by atomic mass is 32.2. The van der Waals surface area contributed by atoms with Crippen molar-refractivity contribution < 1.29 is 13.2 Å². The molecule has 1 aliphatic heterocycles. The summed E-state index contributed by atoms with van der Waals surface area (Å²) in [5.74, 6) is 0.118. The predicted molar refractivity (Wildman–Crippen MR) is 123 cm³/mol. The SMILES string of the molecule is CCCNCc1cc(-c2cc(C(N)=O)c3[nH]cc(C4CCS(=O)(=O)CC4)c3c2)cs1. The van der Waals surface area contributed by atoms with Crippen LogP contribution in [-0.4, -0.2) is 37.4 Å². The van der Waals surface area contributed by atoms with E-state index in [1.54, 1.807) is 11.3 Å². The molecule has 1 aromatic carbocycles. The number of sulfone groups is 1. The van der Waals surface area contributed by atoms with Crippen LogP contribution in [0.1, 0.15) is 52.9 Å². The van der Waals surface area contributed by atoms with E-state index < -0.39 is 15.7 Å². The van der Waals surface area contributed by atoms with E-state index >= 15 is 0 Å². The van der Waals surface area contributed by atoms with Crippen molar-refractivity contribution >= 4 is 38.0 Å². The van der Waals surface area contributed by atoms with Crippen molar-refractivity contribution in [2.75, 3.05) is 18.1 Å². The van der Waals surface area contributed by atoms with Gasteiger partial charge in [0.2, 0.25) is 0 Å². The molecule has 0 unspecified atom stereocenters. The number of thiophene rings is 1. The Morgan fingerprint density at radius 1 is 1.23 bits per heavy atom. The Kier molecular flexibility index (Phi) is 5.99. The quantitative estimate of drug-likeness (QED) is 0.481. The normalized spacial score (nSPS) is 16.8. The van der Waals surface area contributed by atoms with Crippen LogP contribution in [-0.2, 0) is 16.4 Å². The highest BCUT2D eigenvalue weighted by Crippen LogP contribution is 2.37. The smallest absolute Gasteiger partial charge is 0.250 e. The second-order valence-electron chi connectivity index (χ2n) is 7.96. The third-order valence-corrected chi connectivity index (χ3v) is 8.45. The molecule has 3 aromatic rings. The summed E-state index contributed by atoms with van der Waals surface area (Å²) < 4.78 is 23.7. The third-order valence-electron chi connectivity index (χ3n) is 5.79. The van der Waals surface area contributed by atoms with Gasteiger partial charge in [-0.05, 0) is 72.0 Å². The zero-order valence-corrected chi connectivity index (χ0v) is 18.7. The van der Waals surface area contributed by atoms with E-state index in [2.05, 4.69) is 34.7 Å². The number of aromatic nitrogens is 1. The molecule has 1 saturated heterocycles. The fourth-order valence-electron chi connectivity index (χ4n) is 4.17. The molecule has 1 aliphatic rings. The molecule has 0 saturated carbocycles. The molecule has 8 heteroatoms. The molecule has 0 atom stereocenters. The number of fused-ring (bicyclic) bond motifs is 1. The van der Waals surface area contributed by atoms with Crippen molar-refractivity contribution in [3.05, 3.63) is 45.8 Å². The number of carbonyl (C=O) groups is 1. The summed E-state index contributed by atoms with van der Waals surface area (Å²) in [6, 6.07) is 6.10. The summed E-state index contributed by atoms with van der Waals surface area (Å²) >= 11 is 1.70. The van der Waals surface area contributed by atoms with Gasteiger partial charge in [-0.3, -0.25) is 4.79 Å². The number of amides is 1. The summed E-state index contributed by atoms with van der Waals surface area (Å²) in [7, 11) is -2.93. The highest BCUT2D eigenvalue weighted by Gasteiger charge is 2.27. The van der Waals surface area contributed by atoms with Crippen LogP contribution in [0.5, 0.6) is 0 Å². The predicted octanol–water partition coefficient (Wildman–Crippen LogP) is 3.79. The van der Waals surface area contributed by atoms with Crippen LogP contribution < -0.4 is 11.1 Å². The minimum absolute atomic E-state index is 0.162. The lowest BCUT2D eigenvalue weighted by atomic mass is 9.91. The minimum atomic E-state index is -2.93. The van der Waals surface area contributed by atoms with Gasteiger partial charge in [-0.25, -0.2) is 8.42 Å². The van der Waals surface area contributed by atoms with E-state index in [1.807, 2.05) is 12.3 Å². The van der Waals surface area contributed by atoms with Gasteiger partial charge >= 0.3 is 0 Å². The molecule has 160 valence electrons. The molecular formula is C22H27N3O3S2. The standard InChI is InChI=1S/C22H27N3O3S2/c1-2-5-24-11-17-8-16(13-29-17)15-9-18-20(14-3-6-30(27,28)7-4-14)12-25-21(18)19(10-15)22(23)26/h8-10,12-14,24-25H,2-7,11H2,1H3,(H2,23,26). The lowest BCUT2D eigenvalue weighted by molar-refractivity contribution is 0.100. The second kappa shape index (κ2) is 8.53. The number of hydrogen-bond acceptors (Lipinski definition) is 5. The molecule has 0 radical (unpaired) electrons. The van der Waals surface area contributed by atoms with Crippen molar-refractivity contribution in [1.29, 1.82) is 0 Å². The Labute approximate surface area is 180 Å². The zero-order chi connectivity index (χ0) is 21.3. The first-order chi connectivity index (χ1) is 14.4. The summed E-state index contributed by atoms with van der Waals surface area (Å²) in [4.78, 5) is 16.6. The molecule has 0 spiro atoms. The van der Waals surface area contributed by atoms with Crippen molar-refractivity contribution in [2.24, 2.45) is 5.73 Å². The van der Waals surface area contributed by atoms with Crippen LogP contribution in [0.15, 0.2) is 29.8 Å². The van der Waals surface area contributed by atoms with E-state index in [9.17, 15) is 13.2 Å². The maximum atomic E-state index is 12.2. The van der Waals surface area contributed by atoms with Crippen LogP contribution in [0.25, 0.3) is 22.0 Å². The van der Waals surface area contributed by atoms with Gasteiger partial charge in [0.15, 0.2) is 0 Å². The molecule has 2 aromatic heterocycles. The van der Waals surface area contributed by atoms with Gasteiger partial charge in [0.1, 0.15) is 9.84 Å². The Balaban J connectivity index is 1.72. The van der Waals surface area contributed by atoms with E-state index in [4.69, 9.17) is 5.73 Å². The second-order valence-corrected chi connectivity index (χ2v) is 11.3. The first-order valence-electron chi connectivity index (χ1n) is 10.3. The van der Waals surface area contributed by atoms with Gasteiger partial charge in [-0.2, -0.15) is 0 Å². The fourth-order valence-corrected chi connectivity index (χ4v) is 6.52. The zero-order valence-electron chi connectivity index (χ0n) is 17.0.